The van der Waals surface area contributed by atoms with Crippen molar-refractivity contribution in [2.45, 2.75) is 31.5 Å². The lowest BCUT2D eigenvalue weighted by Gasteiger charge is -2.36. The van der Waals surface area contributed by atoms with Crippen LogP contribution in [0.25, 0.3) is 5.65 Å². The fourth-order valence-corrected chi connectivity index (χ4v) is 4.28. The van der Waals surface area contributed by atoms with Crippen molar-refractivity contribution in [1.82, 2.24) is 24.5 Å². The van der Waals surface area contributed by atoms with E-state index in [0.717, 1.165) is 0 Å². The Hall–Kier alpha value is -3.68. The van der Waals surface area contributed by atoms with E-state index in [1.807, 2.05) is 0 Å². The fraction of sp³-hybridized carbons (Fsp3) is 0.409. The Balaban J connectivity index is 1.56. The Morgan fingerprint density at radius 1 is 1.14 bits per heavy atom. The molecule has 14 heteroatoms. The molecule has 0 atom stereocenters. The normalized spacial score (nSPS) is 14.3. The van der Waals surface area contributed by atoms with Gasteiger partial charge in [-0.25, -0.2) is 18.6 Å². The summed E-state index contributed by atoms with van der Waals surface area (Å²) in [6.07, 6.45) is 2.68. The topological polar surface area (TPSA) is 131 Å². The first-order valence-electron chi connectivity index (χ1n) is 11.0. The largest absolute Gasteiger partial charge is 0.444 e. The molecule has 1 saturated heterocycles. The van der Waals surface area contributed by atoms with Gasteiger partial charge in [-0.3, -0.25) is 9.20 Å². The molecule has 11 nitrogen and oxygen atoms in total. The Labute approximate surface area is 210 Å². The van der Waals surface area contributed by atoms with Gasteiger partial charge in [0.15, 0.2) is 22.4 Å². The minimum Gasteiger partial charge on any atom is -0.444 e. The third-order valence-electron chi connectivity index (χ3n) is 5.42. The summed E-state index contributed by atoms with van der Waals surface area (Å²) in [6.45, 7) is 6.81. The second-order valence-corrected chi connectivity index (χ2v) is 9.85. The van der Waals surface area contributed by atoms with Gasteiger partial charge in [-0.1, -0.05) is 11.8 Å². The molecule has 0 aliphatic carbocycles. The van der Waals surface area contributed by atoms with E-state index < -0.39 is 34.9 Å². The summed E-state index contributed by atoms with van der Waals surface area (Å²) in [6, 6.07) is 2.37. The van der Waals surface area contributed by atoms with Crippen molar-refractivity contribution in [2.75, 3.05) is 42.7 Å². The lowest BCUT2D eigenvalue weighted by atomic mass is 10.2. The molecule has 0 spiro atoms. The molecule has 0 bridgehead atoms. The number of nitrogens with zero attached hydrogens (tertiary/aromatic N) is 6. The molecule has 1 aliphatic heterocycles. The molecule has 3 N–H and O–H groups in total. The van der Waals surface area contributed by atoms with E-state index in [1.54, 1.807) is 36.8 Å². The number of rotatable bonds is 5. The van der Waals surface area contributed by atoms with E-state index in [0.29, 0.717) is 37.0 Å². The molecule has 1 fully saturated rings. The maximum atomic E-state index is 15.1. The van der Waals surface area contributed by atoms with Crippen LogP contribution in [0, 0.1) is 11.6 Å². The van der Waals surface area contributed by atoms with Crippen molar-refractivity contribution in [2.24, 2.45) is 5.73 Å². The van der Waals surface area contributed by atoms with Crippen LogP contribution in [0.1, 0.15) is 31.1 Å². The predicted octanol–water partition coefficient (Wildman–Crippen LogP) is 3.02. The number of carbonyl (C=O) groups is 2. The fourth-order valence-electron chi connectivity index (χ4n) is 3.77. The van der Waals surface area contributed by atoms with Crippen LogP contribution in [0.5, 0.6) is 0 Å². The number of fused-ring (bicyclic) bond motifs is 1. The average molecular weight is 521 g/mol. The first-order chi connectivity index (χ1) is 17.0. The molecule has 3 heterocycles. The number of nitrogens with two attached hydrogens (primary N) is 1. The summed E-state index contributed by atoms with van der Waals surface area (Å²) >= 11 is 1.23. The lowest BCUT2D eigenvalue weighted by Crippen LogP contribution is -2.50. The van der Waals surface area contributed by atoms with Crippen LogP contribution in [0.2, 0.25) is 0 Å². The highest BCUT2D eigenvalue weighted by Crippen LogP contribution is 2.31. The van der Waals surface area contributed by atoms with E-state index in [-0.39, 0.29) is 17.0 Å². The molecular weight excluding hydrogens is 494 g/mol. The quantitative estimate of drug-likeness (QED) is 0.385. The first kappa shape index (κ1) is 25.4. The zero-order valence-corrected chi connectivity index (χ0v) is 21.0. The molecule has 192 valence electrons. The maximum absolute atomic E-state index is 15.1. The average Bonchev–Trinajstić information content (AvgIpc) is 3.29. The molecule has 2 aromatic heterocycles. The SMILES string of the molecule is CSc1nc(Nc2c(F)cc(N3CCN(C(=O)OC(C)(C)C)CC3)cc2F)c(C(N)=O)c2nncn12. The second-order valence-electron chi connectivity index (χ2n) is 9.07. The van der Waals surface area contributed by atoms with E-state index in [1.165, 1.54) is 34.6 Å². The molecule has 2 amide bonds. The van der Waals surface area contributed by atoms with Crippen molar-refractivity contribution in [3.05, 3.63) is 35.7 Å². The highest BCUT2D eigenvalue weighted by molar-refractivity contribution is 7.98. The van der Waals surface area contributed by atoms with Crippen LogP contribution in [0.4, 0.5) is 30.8 Å². The van der Waals surface area contributed by atoms with Gasteiger partial charge in [0, 0.05) is 31.9 Å². The number of nitrogens with one attached hydrogen (secondary N) is 1. The Morgan fingerprint density at radius 3 is 2.33 bits per heavy atom. The standard InChI is InChI=1S/C22H26F2N8O3S/c1-22(2,3)35-21(34)31-7-5-30(6-8-31)12-9-13(23)16(14(24)10-12)27-18-15(17(25)33)19-29-26-11-32(19)20(28-18)36-4/h9-11,27H,5-8H2,1-4H3,(H2,25,33). The highest BCUT2D eigenvalue weighted by atomic mass is 32.2. The number of primary amides is 1. The minimum atomic E-state index is -0.885. The Kier molecular flexibility index (Phi) is 6.89. The summed E-state index contributed by atoms with van der Waals surface area (Å²) in [5.41, 5.74) is 4.70. The zero-order chi connectivity index (χ0) is 26.2. The van der Waals surface area contributed by atoms with E-state index in [9.17, 15) is 9.59 Å². The molecule has 1 aliphatic rings. The summed E-state index contributed by atoms with van der Waals surface area (Å²) in [5, 5.41) is 10.6. The van der Waals surface area contributed by atoms with Crippen LogP contribution in [0.3, 0.4) is 0 Å². The van der Waals surface area contributed by atoms with Crippen molar-refractivity contribution >= 4 is 46.6 Å². The number of anilines is 3. The van der Waals surface area contributed by atoms with Crippen LogP contribution < -0.4 is 16.0 Å². The molecule has 3 aromatic rings. The number of halogens is 2. The number of aromatic nitrogens is 4. The van der Waals surface area contributed by atoms with Gasteiger partial charge in [-0.15, -0.1) is 10.2 Å². The molecule has 0 unspecified atom stereocenters. The van der Waals surface area contributed by atoms with Crippen LogP contribution in [0.15, 0.2) is 23.6 Å². The van der Waals surface area contributed by atoms with Gasteiger partial charge in [-0.2, -0.15) is 0 Å². The van der Waals surface area contributed by atoms with Crippen molar-refractivity contribution in [1.29, 1.82) is 0 Å². The maximum Gasteiger partial charge on any atom is 0.410 e. The van der Waals surface area contributed by atoms with E-state index >= 15 is 8.78 Å². The van der Waals surface area contributed by atoms with Crippen molar-refractivity contribution in [3.63, 3.8) is 0 Å². The van der Waals surface area contributed by atoms with Gasteiger partial charge in [0.25, 0.3) is 5.91 Å². The van der Waals surface area contributed by atoms with Crippen molar-refractivity contribution < 1.29 is 23.1 Å². The van der Waals surface area contributed by atoms with Crippen LogP contribution in [-0.2, 0) is 4.74 Å². The zero-order valence-electron chi connectivity index (χ0n) is 20.2. The first-order valence-corrected chi connectivity index (χ1v) is 12.3. The van der Waals surface area contributed by atoms with E-state index in [4.69, 9.17) is 10.5 Å². The molecular formula is C22H26F2N8O3S. The predicted molar refractivity (Wildman–Crippen MR) is 131 cm³/mol. The van der Waals surface area contributed by atoms with Gasteiger partial charge in [0.2, 0.25) is 0 Å². The highest BCUT2D eigenvalue weighted by Gasteiger charge is 2.27. The van der Waals surface area contributed by atoms with Crippen molar-refractivity contribution in [3.8, 4) is 0 Å². The van der Waals surface area contributed by atoms with Gasteiger partial charge in [0.05, 0.1) is 0 Å². The number of piperazine rings is 1. The summed E-state index contributed by atoms with van der Waals surface area (Å²) < 4.78 is 37.1. The number of amides is 2. The Morgan fingerprint density at radius 2 is 1.78 bits per heavy atom. The third-order valence-corrected chi connectivity index (χ3v) is 6.07. The number of carbonyl (C=O) groups excluding carboxylic acids is 2. The van der Waals surface area contributed by atoms with Gasteiger partial charge in [-0.05, 0) is 39.2 Å². The molecule has 0 radical (unpaired) electrons. The van der Waals surface area contributed by atoms with Crippen LogP contribution in [-0.4, -0.2) is 74.5 Å². The monoisotopic (exact) mass is 520 g/mol. The van der Waals surface area contributed by atoms with Gasteiger partial charge < -0.3 is 25.6 Å². The molecule has 4 rings (SSSR count). The van der Waals surface area contributed by atoms with Gasteiger partial charge in [0.1, 0.15) is 29.0 Å². The summed E-state index contributed by atoms with van der Waals surface area (Å²) in [4.78, 5) is 32.0. The number of hydrogen-bond donors (Lipinski definition) is 2. The minimum absolute atomic E-state index is 0.115. The number of hydrogen-bond acceptors (Lipinski definition) is 9. The molecule has 0 saturated carbocycles. The number of thioether (sulfide) groups is 1. The molecule has 1 aromatic carbocycles. The Bertz CT molecular complexity index is 1300. The number of benzene rings is 1. The third kappa shape index (κ3) is 5.12. The number of ether oxygens (including phenoxy) is 1. The molecule has 36 heavy (non-hydrogen) atoms. The van der Waals surface area contributed by atoms with Gasteiger partial charge >= 0.3 is 6.09 Å². The smallest absolute Gasteiger partial charge is 0.410 e. The van der Waals surface area contributed by atoms with E-state index in [2.05, 4.69) is 20.5 Å². The summed E-state index contributed by atoms with van der Waals surface area (Å²) in [5.74, 6) is -2.78. The lowest BCUT2D eigenvalue weighted by molar-refractivity contribution is 0.0240. The van der Waals surface area contributed by atoms with Crippen LogP contribution >= 0.6 is 11.8 Å². The summed E-state index contributed by atoms with van der Waals surface area (Å²) in [7, 11) is 0. The second kappa shape index (κ2) is 9.76.